The maximum atomic E-state index is 12.3. The van der Waals surface area contributed by atoms with Crippen LogP contribution in [0.15, 0.2) is 48.5 Å². The largest absolute Gasteiger partial charge is 0.493 e. The van der Waals surface area contributed by atoms with Crippen LogP contribution in [0.2, 0.25) is 0 Å². The highest BCUT2D eigenvalue weighted by molar-refractivity contribution is 5.98. The van der Waals surface area contributed by atoms with E-state index in [0.717, 1.165) is 0 Å². The minimum absolute atomic E-state index is 0.266. The first-order valence-electron chi connectivity index (χ1n) is 7.79. The number of rotatable bonds is 6. The van der Waals surface area contributed by atoms with E-state index in [1.807, 2.05) is 13.0 Å². The third-order valence-electron chi connectivity index (χ3n) is 3.34. The lowest BCUT2D eigenvalue weighted by atomic mass is 10.2. The molecule has 1 N–H and O–H groups in total. The predicted molar refractivity (Wildman–Crippen MR) is 92.3 cm³/mol. The number of nitriles is 1. The molecule has 2 aromatic carbocycles. The first-order chi connectivity index (χ1) is 12.0. The van der Waals surface area contributed by atoms with Crippen molar-refractivity contribution in [3.63, 3.8) is 0 Å². The van der Waals surface area contributed by atoms with Gasteiger partial charge in [-0.3, -0.25) is 4.79 Å². The third kappa shape index (κ3) is 4.82. The Balaban J connectivity index is 2.00. The van der Waals surface area contributed by atoms with E-state index in [1.54, 1.807) is 48.5 Å². The van der Waals surface area contributed by atoms with Crippen LogP contribution in [0.5, 0.6) is 5.75 Å². The molecule has 0 unspecified atom stereocenters. The maximum absolute atomic E-state index is 12.3. The number of anilines is 1. The molecule has 0 aromatic heterocycles. The molecule has 0 radical (unpaired) electrons. The minimum atomic E-state index is -0.988. The fraction of sp³-hybridized carbons (Fsp3) is 0.211. The van der Waals surface area contributed by atoms with Gasteiger partial charge >= 0.3 is 5.97 Å². The van der Waals surface area contributed by atoms with Crippen LogP contribution in [-0.2, 0) is 9.53 Å². The summed E-state index contributed by atoms with van der Waals surface area (Å²) in [6, 6.07) is 15.1. The molecule has 0 aliphatic heterocycles. The number of amides is 1. The van der Waals surface area contributed by atoms with Crippen molar-refractivity contribution in [3.05, 3.63) is 59.7 Å². The zero-order valence-electron chi connectivity index (χ0n) is 14.0. The summed E-state index contributed by atoms with van der Waals surface area (Å²) in [5.74, 6) is -0.687. The summed E-state index contributed by atoms with van der Waals surface area (Å²) in [4.78, 5) is 24.4. The van der Waals surface area contributed by atoms with E-state index in [4.69, 9.17) is 14.7 Å². The molecule has 0 aliphatic rings. The summed E-state index contributed by atoms with van der Waals surface area (Å²) < 4.78 is 10.6. The molecule has 25 heavy (non-hydrogen) atoms. The molecule has 6 heteroatoms. The molecule has 0 saturated carbocycles. The van der Waals surface area contributed by atoms with Crippen molar-refractivity contribution in [2.24, 2.45) is 0 Å². The number of hydrogen-bond donors (Lipinski definition) is 1. The summed E-state index contributed by atoms with van der Waals surface area (Å²) in [6.07, 6.45) is -0.988. The number of benzene rings is 2. The van der Waals surface area contributed by atoms with E-state index in [1.165, 1.54) is 6.92 Å². The summed E-state index contributed by atoms with van der Waals surface area (Å²) in [5.41, 5.74) is 1.27. The van der Waals surface area contributed by atoms with Crippen LogP contribution in [0, 0.1) is 11.3 Å². The van der Waals surface area contributed by atoms with Gasteiger partial charge in [0, 0.05) is 5.69 Å². The quantitative estimate of drug-likeness (QED) is 0.818. The molecule has 0 aliphatic carbocycles. The summed E-state index contributed by atoms with van der Waals surface area (Å²) in [7, 11) is 0. The lowest BCUT2D eigenvalue weighted by Gasteiger charge is -2.15. The smallest absolute Gasteiger partial charge is 0.342 e. The van der Waals surface area contributed by atoms with Crippen LogP contribution >= 0.6 is 0 Å². The standard InChI is InChI=1S/C19H18N2O4/c1-3-24-17-7-5-4-6-16(17)19(23)25-13(2)18(22)21-15-10-8-14(12-20)9-11-15/h4-11,13H,3H2,1-2H3,(H,21,22)/t13-/m0/s1. The first kappa shape index (κ1) is 18.0. The summed E-state index contributed by atoms with van der Waals surface area (Å²) in [6.45, 7) is 3.72. The molecule has 1 amide bonds. The van der Waals surface area contributed by atoms with Crippen molar-refractivity contribution in [3.8, 4) is 11.8 Å². The topological polar surface area (TPSA) is 88.4 Å². The fourth-order valence-electron chi connectivity index (χ4n) is 2.07. The highest BCUT2D eigenvalue weighted by Gasteiger charge is 2.21. The monoisotopic (exact) mass is 338 g/mol. The number of nitrogens with zero attached hydrogens (tertiary/aromatic N) is 1. The van der Waals surface area contributed by atoms with E-state index >= 15 is 0 Å². The van der Waals surface area contributed by atoms with Crippen LogP contribution < -0.4 is 10.1 Å². The van der Waals surface area contributed by atoms with Gasteiger partial charge < -0.3 is 14.8 Å². The Bertz CT molecular complexity index is 794. The lowest BCUT2D eigenvalue weighted by Crippen LogP contribution is -2.30. The Morgan fingerprint density at radius 1 is 1.16 bits per heavy atom. The third-order valence-corrected chi connectivity index (χ3v) is 3.34. The van der Waals surface area contributed by atoms with E-state index in [9.17, 15) is 9.59 Å². The van der Waals surface area contributed by atoms with Gasteiger partial charge in [-0.05, 0) is 50.2 Å². The Hall–Kier alpha value is -3.33. The Morgan fingerprint density at radius 2 is 1.84 bits per heavy atom. The van der Waals surface area contributed by atoms with Crippen molar-refractivity contribution in [1.82, 2.24) is 0 Å². The van der Waals surface area contributed by atoms with Gasteiger partial charge in [-0.2, -0.15) is 5.26 Å². The second-order valence-electron chi connectivity index (χ2n) is 5.16. The second kappa shape index (κ2) is 8.50. The Kier molecular flexibility index (Phi) is 6.13. The fourth-order valence-corrected chi connectivity index (χ4v) is 2.07. The van der Waals surface area contributed by atoms with Crippen LogP contribution in [0.1, 0.15) is 29.8 Å². The number of ether oxygens (including phenoxy) is 2. The second-order valence-corrected chi connectivity index (χ2v) is 5.16. The number of carbonyl (C=O) groups is 2. The van der Waals surface area contributed by atoms with Gasteiger partial charge in [-0.1, -0.05) is 12.1 Å². The number of para-hydroxylation sites is 1. The van der Waals surface area contributed by atoms with Crippen molar-refractivity contribution in [2.75, 3.05) is 11.9 Å². The number of nitrogens with one attached hydrogen (secondary N) is 1. The average Bonchev–Trinajstić information content (AvgIpc) is 2.63. The molecule has 0 bridgehead atoms. The highest BCUT2D eigenvalue weighted by Crippen LogP contribution is 2.19. The lowest BCUT2D eigenvalue weighted by molar-refractivity contribution is -0.123. The van der Waals surface area contributed by atoms with Crippen LogP contribution in [0.3, 0.4) is 0 Å². The van der Waals surface area contributed by atoms with Gasteiger partial charge in [0.2, 0.25) is 0 Å². The Labute approximate surface area is 146 Å². The number of carbonyl (C=O) groups excluding carboxylic acids is 2. The zero-order chi connectivity index (χ0) is 18.2. The molecule has 0 saturated heterocycles. The van der Waals surface area contributed by atoms with Gasteiger partial charge in [-0.15, -0.1) is 0 Å². The van der Waals surface area contributed by atoms with Gasteiger partial charge in [0.15, 0.2) is 6.10 Å². The molecular formula is C19H18N2O4. The first-order valence-corrected chi connectivity index (χ1v) is 7.79. The summed E-state index contributed by atoms with van der Waals surface area (Å²) in [5, 5.41) is 11.4. The van der Waals surface area contributed by atoms with E-state index < -0.39 is 18.0 Å². The molecule has 2 aromatic rings. The number of hydrogen-bond acceptors (Lipinski definition) is 5. The Morgan fingerprint density at radius 3 is 2.48 bits per heavy atom. The predicted octanol–water partition coefficient (Wildman–Crippen LogP) is 3.14. The van der Waals surface area contributed by atoms with E-state index in [-0.39, 0.29) is 5.56 Å². The molecule has 0 heterocycles. The molecule has 128 valence electrons. The maximum Gasteiger partial charge on any atom is 0.342 e. The zero-order valence-corrected chi connectivity index (χ0v) is 14.0. The molecule has 2 rings (SSSR count). The average molecular weight is 338 g/mol. The highest BCUT2D eigenvalue weighted by atomic mass is 16.5. The van der Waals surface area contributed by atoms with Gasteiger partial charge in [0.1, 0.15) is 11.3 Å². The van der Waals surface area contributed by atoms with Crippen molar-refractivity contribution in [1.29, 1.82) is 5.26 Å². The van der Waals surface area contributed by atoms with Gasteiger partial charge in [-0.25, -0.2) is 4.79 Å². The van der Waals surface area contributed by atoms with Crippen molar-refractivity contribution in [2.45, 2.75) is 20.0 Å². The summed E-state index contributed by atoms with van der Waals surface area (Å²) >= 11 is 0. The number of esters is 1. The molecule has 1 atom stereocenters. The van der Waals surface area contributed by atoms with E-state index in [2.05, 4.69) is 5.32 Å². The molecule has 6 nitrogen and oxygen atoms in total. The van der Waals surface area contributed by atoms with Crippen molar-refractivity contribution >= 4 is 17.6 Å². The SMILES string of the molecule is CCOc1ccccc1C(=O)O[C@@H](C)C(=O)Nc1ccc(C#N)cc1. The van der Waals surface area contributed by atoms with Gasteiger partial charge in [0.25, 0.3) is 5.91 Å². The normalized spacial score (nSPS) is 11.1. The molecule has 0 spiro atoms. The van der Waals surface area contributed by atoms with Gasteiger partial charge in [0.05, 0.1) is 18.2 Å². The van der Waals surface area contributed by atoms with E-state index in [0.29, 0.717) is 23.6 Å². The molecular weight excluding hydrogens is 320 g/mol. The van der Waals surface area contributed by atoms with Crippen LogP contribution in [-0.4, -0.2) is 24.6 Å². The van der Waals surface area contributed by atoms with Crippen molar-refractivity contribution < 1.29 is 19.1 Å². The molecule has 0 fully saturated rings. The van der Waals surface area contributed by atoms with Crippen LogP contribution in [0.4, 0.5) is 5.69 Å². The minimum Gasteiger partial charge on any atom is -0.493 e. The van der Waals surface area contributed by atoms with Crippen LogP contribution in [0.25, 0.3) is 0 Å².